The molecule has 3 rings (SSSR count). The predicted octanol–water partition coefficient (Wildman–Crippen LogP) is 3.06. The molecule has 0 saturated heterocycles. The van der Waals surface area contributed by atoms with Crippen LogP contribution in [0.3, 0.4) is 0 Å². The van der Waals surface area contributed by atoms with Crippen LogP contribution >= 0.6 is 0 Å². The minimum Gasteiger partial charge on any atom is -0.497 e. The number of ether oxygens (including phenoxy) is 1. The highest BCUT2D eigenvalue weighted by atomic mass is 16.6. The normalized spacial score (nSPS) is 10.4. The lowest BCUT2D eigenvalue weighted by molar-refractivity contribution is -0.384. The number of aromatic nitrogens is 3. The van der Waals surface area contributed by atoms with Gasteiger partial charge in [-0.2, -0.15) is 5.10 Å². The number of nitro benzene ring substituents is 1. The molecule has 0 aliphatic carbocycles. The Labute approximate surface area is 125 Å². The summed E-state index contributed by atoms with van der Waals surface area (Å²) in [6.07, 6.45) is 0. The average molecular weight is 296 g/mol. The third kappa shape index (κ3) is 2.64. The standard InChI is InChI=1S/C15H12N4O3/c1-22-13-7-5-10(6-8-13)14-16-15(18-17-14)11-3-2-4-12(9-11)19(20)21/h2-9H,1H3,(H,16,17,18). The Kier molecular flexibility index (Phi) is 3.53. The van der Waals surface area contributed by atoms with Crippen LogP contribution in [-0.2, 0) is 0 Å². The number of nitrogens with one attached hydrogen (secondary N) is 1. The maximum Gasteiger partial charge on any atom is 0.270 e. The fraction of sp³-hybridized carbons (Fsp3) is 0.0667. The summed E-state index contributed by atoms with van der Waals surface area (Å²) in [7, 11) is 1.60. The fourth-order valence-electron chi connectivity index (χ4n) is 2.03. The van der Waals surface area contributed by atoms with Gasteiger partial charge in [0, 0.05) is 23.3 Å². The molecular formula is C15H12N4O3. The molecule has 0 spiro atoms. The molecule has 0 unspecified atom stereocenters. The Balaban J connectivity index is 1.93. The van der Waals surface area contributed by atoms with Crippen molar-refractivity contribution in [2.75, 3.05) is 7.11 Å². The number of hydrogen-bond donors (Lipinski definition) is 1. The summed E-state index contributed by atoms with van der Waals surface area (Å²) in [6.45, 7) is 0. The van der Waals surface area contributed by atoms with Crippen LogP contribution in [0.4, 0.5) is 5.69 Å². The van der Waals surface area contributed by atoms with E-state index in [4.69, 9.17) is 4.74 Å². The largest absolute Gasteiger partial charge is 0.497 e. The molecule has 0 amide bonds. The first-order valence-corrected chi connectivity index (χ1v) is 6.49. The van der Waals surface area contributed by atoms with Gasteiger partial charge >= 0.3 is 0 Å². The second-order valence-corrected chi connectivity index (χ2v) is 4.54. The van der Waals surface area contributed by atoms with Gasteiger partial charge in [0.25, 0.3) is 5.69 Å². The number of aromatic amines is 1. The summed E-state index contributed by atoms with van der Waals surface area (Å²) in [5, 5.41) is 17.8. The van der Waals surface area contributed by atoms with Gasteiger partial charge in [-0.3, -0.25) is 15.2 Å². The van der Waals surface area contributed by atoms with Crippen LogP contribution in [0.25, 0.3) is 22.8 Å². The van der Waals surface area contributed by atoms with Gasteiger partial charge < -0.3 is 4.74 Å². The lowest BCUT2D eigenvalue weighted by atomic mass is 10.2. The lowest BCUT2D eigenvalue weighted by Crippen LogP contribution is -1.89. The number of rotatable bonds is 4. The van der Waals surface area contributed by atoms with Gasteiger partial charge in [0.2, 0.25) is 0 Å². The Hall–Kier alpha value is -3.22. The van der Waals surface area contributed by atoms with Crippen molar-refractivity contribution in [3.05, 3.63) is 58.6 Å². The summed E-state index contributed by atoms with van der Waals surface area (Å²) in [4.78, 5) is 14.7. The lowest BCUT2D eigenvalue weighted by Gasteiger charge is -1.99. The van der Waals surface area contributed by atoms with E-state index in [0.717, 1.165) is 11.3 Å². The third-order valence-electron chi connectivity index (χ3n) is 3.16. The molecule has 7 nitrogen and oxygen atoms in total. The zero-order valence-corrected chi connectivity index (χ0v) is 11.7. The Morgan fingerprint density at radius 2 is 1.91 bits per heavy atom. The zero-order chi connectivity index (χ0) is 15.5. The number of H-pyrrole nitrogens is 1. The van der Waals surface area contributed by atoms with Crippen LogP contribution in [0.5, 0.6) is 5.75 Å². The second kappa shape index (κ2) is 5.65. The molecule has 0 saturated carbocycles. The summed E-state index contributed by atoms with van der Waals surface area (Å²) < 4.78 is 5.11. The minimum absolute atomic E-state index is 0.00768. The molecule has 1 N–H and O–H groups in total. The van der Waals surface area contributed by atoms with Gasteiger partial charge in [-0.1, -0.05) is 12.1 Å². The van der Waals surface area contributed by atoms with E-state index in [9.17, 15) is 10.1 Å². The highest BCUT2D eigenvalue weighted by Gasteiger charge is 2.11. The summed E-state index contributed by atoms with van der Waals surface area (Å²) in [6, 6.07) is 13.6. The maximum absolute atomic E-state index is 10.8. The van der Waals surface area contributed by atoms with Crippen molar-refractivity contribution in [2.45, 2.75) is 0 Å². The Bertz CT molecular complexity index is 812. The smallest absolute Gasteiger partial charge is 0.270 e. The van der Waals surface area contributed by atoms with E-state index in [0.29, 0.717) is 17.2 Å². The quantitative estimate of drug-likeness (QED) is 0.590. The van der Waals surface area contributed by atoms with Crippen molar-refractivity contribution < 1.29 is 9.66 Å². The Morgan fingerprint density at radius 3 is 2.59 bits per heavy atom. The van der Waals surface area contributed by atoms with Crippen molar-refractivity contribution in [2.24, 2.45) is 0 Å². The van der Waals surface area contributed by atoms with E-state index in [1.54, 1.807) is 19.2 Å². The molecule has 22 heavy (non-hydrogen) atoms. The zero-order valence-electron chi connectivity index (χ0n) is 11.7. The van der Waals surface area contributed by atoms with Gasteiger partial charge in [-0.25, -0.2) is 4.98 Å². The molecule has 110 valence electrons. The number of nitrogens with zero attached hydrogens (tertiary/aromatic N) is 3. The van der Waals surface area contributed by atoms with Crippen LogP contribution in [0.15, 0.2) is 48.5 Å². The highest BCUT2D eigenvalue weighted by molar-refractivity contribution is 5.63. The van der Waals surface area contributed by atoms with E-state index < -0.39 is 4.92 Å². The molecule has 0 atom stereocenters. The van der Waals surface area contributed by atoms with E-state index >= 15 is 0 Å². The molecule has 1 aromatic heterocycles. The number of benzene rings is 2. The monoisotopic (exact) mass is 296 g/mol. The third-order valence-corrected chi connectivity index (χ3v) is 3.16. The SMILES string of the molecule is COc1ccc(-c2nc(-c3cccc([N+](=O)[O-])c3)n[nH]2)cc1. The van der Waals surface area contributed by atoms with Gasteiger partial charge in [0.1, 0.15) is 5.75 Å². The van der Waals surface area contributed by atoms with E-state index in [2.05, 4.69) is 15.2 Å². The van der Waals surface area contributed by atoms with Gasteiger partial charge in [-0.05, 0) is 24.3 Å². The molecule has 0 aliphatic rings. The first kappa shape index (κ1) is 13.7. The average Bonchev–Trinajstić information content (AvgIpc) is 3.05. The molecular weight excluding hydrogens is 284 g/mol. The van der Waals surface area contributed by atoms with Crippen LogP contribution < -0.4 is 4.74 Å². The summed E-state index contributed by atoms with van der Waals surface area (Å²) in [5.41, 5.74) is 1.45. The van der Waals surface area contributed by atoms with E-state index in [-0.39, 0.29) is 5.69 Å². The Morgan fingerprint density at radius 1 is 1.14 bits per heavy atom. The van der Waals surface area contributed by atoms with Crippen LogP contribution in [-0.4, -0.2) is 27.2 Å². The van der Waals surface area contributed by atoms with Crippen molar-refractivity contribution in [1.82, 2.24) is 15.2 Å². The summed E-state index contributed by atoms with van der Waals surface area (Å²) in [5.74, 6) is 1.75. The minimum atomic E-state index is -0.444. The van der Waals surface area contributed by atoms with Gasteiger partial charge in [0.15, 0.2) is 11.6 Å². The van der Waals surface area contributed by atoms with E-state index in [1.807, 2.05) is 24.3 Å². The number of methoxy groups -OCH3 is 1. The molecule has 0 radical (unpaired) electrons. The summed E-state index contributed by atoms with van der Waals surface area (Å²) >= 11 is 0. The predicted molar refractivity (Wildman–Crippen MR) is 80.5 cm³/mol. The van der Waals surface area contributed by atoms with E-state index in [1.165, 1.54) is 12.1 Å². The van der Waals surface area contributed by atoms with Crippen molar-refractivity contribution in [1.29, 1.82) is 0 Å². The fourth-order valence-corrected chi connectivity index (χ4v) is 2.03. The molecule has 0 fully saturated rings. The molecule has 3 aromatic rings. The van der Waals surface area contributed by atoms with Crippen molar-refractivity contribution in [3.63, 3.8) is 0 Å². The number of hydrogen-bond acceptors (Lipinski definition) is 5. The van der Waals surface area contributed by atoms with Gasteiger partial charge in [-0.15, -0.1) is 0 Å². The molecule has 7 heteroatoms. The number of nitro groups is 1. The number of non-ortho nitro benzene ring substituents is 1. The second-order valence-electron chi connectivity index (χ2n) is 4.54. The van der Waals surface area contributed by atoms with Crippen LogP contribution in [0.1, 0.15) is 0 Å². The molecule has 0 bridgehead atoms. The van der Waals surface area contributed by atoms with Crippen molar-refractivity contribution >= 4 is 5.69 Å². The first-order chi connectivity index (χ1) is 10.7. The molecule has 1 heterocycles. The maximum atomic E-state index is 10.8. The van der Waals surface area contributed by atoms with Crippen LogP contribution in [0, 0.1) is 10.1 Å². The van der Waals surface area contributed by atoms with Gasteiger partial charge in [0.05, 0.1) is 12.0 Å². The molecule has 2 aromatic carbocycles. The van der Waals surface area contributed by atoms with Crippen LogP contribution in [0.2, 0.25) is 0 Å². The first-order valence-electron chi connectivity index (χ1n) is 6.49. The topological polar surface area (TPSA) is 93.9 Å². The highest BCUT2D eigenvalue weighted by Crippen LogP contribution is 2.24. The molecule has 0 aliphatic heterocycles. The van der Waals surface area contributed by atoms with Crippen molar-refractivity contribution in [3.8, 4) is 28.5 Å².